The van der Waals surface area contributed by atoms with E-state index in [0.29, 0.717) is 0 Å². The average molecular weight is 229 g/mol. The molecule has 3 N–H and O–H groups in total. The highest BCUT2D eigenvalue weighted by atomic mass is 16.4. The van der Waals surface area contributed by atoms with Gasteiger partial charge in [0.2, 0.25) is 0 Å². The van der Waals surface area contributed by atoms with Gasteiger partial charge in [-0.1, -0.05) is 49.4 Å². The van der Waals surface area contributed by atoms with Gasteiger partial charge in [0.15, 0.2) is 0 Å². The molecule has 0 aliphatic heterocycles. The molecule has 3 nitrogen and oxygen atoms in total. The third-order valence-electron chi connectivity index (χ3n) is 3.14. The minimum Gasteiger partial charge on any atom is -0.480 e. The lowest BCUT2D eigenvalue weighted by Gasteiger charge is -2.18. The number of nitrogens with two attached hydrogens (primary N) is 1. The summed E-state index contributed by atoms with van der Waals surface area (Å²) in [6.45, 7) is 1.85. The summed E-state index contributed by atoms with van der Waals surface area (Å²) in [5.41, 5.74) is 6.67. The van der Waals surface area contributed by atoms with E-state index >= 15 is 0 Å². The third kappa shape index (κ3) is 2.15. The second-order valence-electron chi connectivity index (χ2n) is 4.22. The zero-order chi connectivity index (χ0) is 12.4. The Balaban J connectivity index is 2.52. The summed E-state index contributed by atoms with van der Waals surface area (Å²) < 4.78 is 0. The average Bonchev–Trinajstić information content (AvgIpc) is 2.36. The smallest absolute Gasteiger partial charge is 0.321 e. The number of benzene rings is 2. The first-order chi connectivity index (χ1) is 8.11. The van der Waals surface area contributed by atoms with Gasteiger partial charge in [-0.05, 0) is 16.3 Å². The molecule has 2 rings (SSSR count). The first-order valence-electron chi connectivity index (χ1n) is 5.57. The normalized spacial score (nSPS) is 14.5. The Morgan fingerprint density at radius 2 is 1.82 bits per heavy atom. The van der Waals surface area contributed by atoms with E-state index in [9.17, 15) is 4.79 Å². The van der Waals surface area contributed by atoms with Crippen molar-refractivity contribution < 1.29 is 9.90 Å². The first-order valence-corrected chi connectivity index (χ1v) is 5.57. The highest BCUT2D eigenvalue weighted by molar-refractivity contribution is 5.87. The van der Waals surface area contributed by atoms with Crippen molar-refractivity contribution >= 4 is 16.7 Å². The van der Waals surface area contributed by atoms with Gasteiger partial charge in [-0.25, -0.2) is 0 Å². The Kier molecular flexibility index (Phi) is 3.11. The number of rotatable bonds is 3. The van der Waals surface area contributed by atoms with E-state index in [4.69, 9.17) is 10.8 Å². The Morgan fingerprint density at radius 3 is 2.53 bits per heavy atom. The van der Waals surface area contributed by atoms with Gasteiger partial charge in [-0.2, -0.15) is 0 Å². The predicted octanol–water partition coefficient (Wildman–Crippen LogP) is 2.36. The van der Waals surface area contributed by atoms with Crippen LogP contribution in [-0.4, -0.2) is 17.1 Å². The third-order valence-corrected chi connectivity index (χ3v) is 3.14. The molecule has 0 saturated heterocycles. The molecule has 0 spiro atoms. The standard InChI is InChI=1S/C14H15NO2/c1-9(13(15)14(16)17)11-8-4-6-10-5-2-3-7-12(10)11/h2-9,13H,15H2,1H3,(H,16,17). The van der Waals surface area contributed by atoms with Crippen LogP contribution < -0.4 is 5.73 Å². The van der Waals surface area contributed by atoms with Crippen molar-refractivity contribution in [2.24, 2.45) is 5.73 Å². The van der Waals surface area contributed by atoms with Crippen LogP contribution in [0.1, 0.15) is 18.4 Å². The van der Waals surface area contributed by atoms with Crippen molar-refractivity contribution in [1.82, 2.24) is 0 Å². The van der Waals surface area contributed by atoms with Gasteiger partial charge in [-0.3, -0.25) is 4.79 Å². The minimum atomic E-state index is -0.967. The molecule has 3 heteroatoms. The van der Waals surface area contributed by atoms with Crippen molar-refractivity contribution in [3.63, 3.8) is 0 Å². The molecule has 88 valence electrons. The largest absolute Gasteiger partial charge is 0.480 e. The maximum Gasteiger partial charge on any atom is 0.321 e. The second kappa shape index (κ2) is 4.55. The Labute approximate surface area is 99.9 Å². The van der Waals surface area contributed by atoms with Crippen LogP contribution in [0.15, 0.2) is 42.5 Å². The van der Waals surface area contributed by atoms with Crippen LogP contribution in [0.3, 0.4) is 0 Å². The summed E-state index contributed by atoms with van der Waals surface area (Å²) in [7, 11) is 0. The Bertz CT molecular complexity index is 545. The summed E-state index contributed by atoms with van der Waals surface area (Å²) in [6.07, 6.45) is 0. The first kappa shape index (κ1) is 11.6. The Hall–Kier alpha value is -1.87. The highest BCUT2D eigenvalue weighted by Crippen LogP contribution is 2.27. The van der Waals surface area contributed by atoms with Crippen LogP contribution in [0.2, 0.25) is 0 Å². The minimum absolute atomic E-state index is 0.210. The molecule has 0 heterocycles. The maximum atomic E-state index is 10.9. The predicted molar refractivity (Wildman–Crippen MR) is 68.0 cm³/mol. The number of fused-ring (bicyclic) bond motifs is 1. The van der Waals surface area contributed by atoms with Gasteiger partial charge >= 0.3 is 5.97 Å². The van der Waals surface area contributed by atoms with E-state index in [1.807, 2.05) is 49.4 Å². The lowest BCUT2D eigenvalue weighted by molar-refractivity contribution is -0.138. The lowest BCUT2D eigenvalue weighted by Crippen LogP contribution is -2.35. The molecule has 0 aromatic heterocycles. The molecule has 2 unspecified atom stereocenters. The summed E-state index contributed by atoms with van der Waals surface area (Å²) in [5.74, 6) is -1.18. The van der Waals surface area contributed by atoms with Crippen molar-refractivity contribution in [3.05, 3.63) is 48.0 Å². The fraction of sp³-hybridized carbons (Fsp3) is 0.214. The molecule has 0 aliphatic carbocycles. The van der Waals surface area contributed by atoms with Crippen LogP contribution >= 0.6 is 0 Å². The topological polar surface area (TPSA) is 63.3 Å². The molecule has 0 fully saturated rings. The zero-order valence-corrected chi connectivity index (χ0v) is 9.63. The van der Waals surface area contributed by atoms with E-state index in [1.54, 1.807) is 0 Å². The quantitative estimate of drug-likeness (QED) is 0.849. The highest BCUT2D eigenvalue weighted by Gasteiger charge is 2.22. The molecule has 17 heavy (non-hydrogen) atoms. The molecule has 0 aliphatic rings. The van der Waals surface area contributed by atoms with Gasteiger partial charge in [0, 0.05) is 5.92 Å². The van der Waals surface area contributed by atoms with E-state index < -0.39 is 12.0 Å². The SMILES string of the molecule is CC(c1cccc2ccccc12)C(N)C(=O)O. The van der Waals surface area contributed by atoms with Gasteiger partial charge in [0.05, 0.1) is 0 Å². The van der Waals surface area contributed by atoms with Gasteiger partial charge in [0.25, 0.3) is 0 Å². The molecule has 0 saturated carbocycles. The van der Waals surface area contributed by atoms with Crippen LogP contribution in [0.5, 0.6) is 0 Å². The Morgan fingerprint density at radius 1 is 1.18 bits per heavy atom. The summed E-state index contributed by atoms with van der Waals surface area (Å²) in [5, 5.41) is 11.1. The number of carboxylic acids is 1. The van der Waals surface area contributed by atoms with Crippen molar-refractivity contribution in [1.29, 1.82) is 0 Å². The zero-order valence-electron chi connectivity index (χ0n) is 9.63. The van der Waals surface area contributed by atoms with Crippen LogP contribution in [-0.2, 0) is 4.79 Å². The van der Waals surface area contributed by atoms with E-state index in [1.165, 1.54) is 0 Å². The van der Waals surface area contributed by atoms with E-state index in [0.717, 1.165) is 16.3 Å². The summed E-state index contributed by atoms with van der Waals surface area (Å²) >= 11 is 0. The van der Waals surface area contributed by atoms with Gasteiger partial charge < -0.3 is 10.8 Å². The second-order valence-corrected chi connectivity index (χ2v) is 4.22. The molecular formula is C14H15NO2. The number of hydrogen-bond acceptors (Lipinski definition) is 2. The van der Waals surface area contributed by atoms with Crippen molar-refractivity contribution in [2.45, 2.75) is 18.9 Å². The van der Waals surface area contributed by atoms with Crippen LogP contribution in [0.25, 0.3) is 10.8 Å². The van der Waals surface area contributed by atoms with Gasteiger partial charge in [-0.15, -0.1) is 0 Å². The maximum absolute atomic E-state index is 10.9. The van der Waals surface area contributed by atoms with Crippen LogP contribution in [0, 0.1) is 0 Å². The molecule has 2 aromatic rings. The fourth-order valence-electron chi connectivity index (χ4n) is 2.05. The molecule has 0 bridgehead atoms. The summed E-state index contributed by atoms with van der Waals surface area (Å²) in [4.78, 5) is 10.9. The van der Waals surface area contributed by atoms with Crippen molar-refractivity contribution in [3.8, 4) is 0 Å². The van der Waals surface area contributed by atoms with E-state index in [-0.39, 0.29) is 5.92 Å². The number of carbonyl (C=O) groups is 1. The molecule has 0 amide bonds. The number of aliphatic carboxylic acids is 1. The van der Waals surface area contributed by atoms with E-state index in [2.05, 4.69) is 0 Å². The monoisotopic (exact) mass is 229 g/mol. The van der Waals surface area contributed by atoms with Crippen LogP contribution in [0.4, 0.5) is 0 Å². The van der Waals surface area contributed by atoms with Crippen molar-refractivity contribution in [2.75, 3.05) is 0 Å². The summed E-state index contributed by atoms with van der Waals surface area (Å²) in [6, 6.07) is 12.9. The number of carboxylic acid groups (broad SMARTS) is 1. The molecule has 0 radical (unpaired) electrons. The molecule has 2 aromatic carbocycles. The number of hydrogen-bond donors (Lipinski definition) is 2. The lowest BCUT2D eigenvalue weighted by atomic mass is 9.90. The fourth-order valence-corrected chi connectivity index (χ4v) is 2.05. The van der Waals surface area contributed by atoms with Gasteiger partial charge in [0.1, 0.15) is 6.04 Å². The molecular weight excluding hydrogens is 214 g/mol. The molecule has 2 atom stereocenters.